The summed E-state index contributed by atoms with van der Waals surface area (Å²) in [5.74, 6) is -0.224. The zero-order valence-electron chi connectivity index (χ0n) is 17.1. The van der Waals surface area contributed by atoms with Gasteiger partial charge >= 0.3 is 6.03 Å². The summed E-state index contributed by atoms with van der Waals surface area (Å²) in [5, 5.41) is 3.23. The van der Waals surface area contributed by atoms with Gasteiger partial charge in [0.25, 0.3) is 0 Å². The lowest BCUT2D eigenvalue weighted by molar-refractivity contribution is 0.238. The van der Waals surface area contributed by atoms with Crippen LogP contribution >= 0.6 is 0 Å². The standard InChI is InChI=1S/C23H29FN4O/c1-17(2)26-12-11-20(16-26)25-23(29)28-14-13-27(21-5-3-4-6-22(21)28)15-18-7-9-19(24)10-8-18/h3-10,17,20H,11-16H2,1-2H3,(H,25,29). The smallest absolute Gasteiger partial charge is 0.322 e. The van der Waals surface area contributed by atoms with Crippen molar-refractivity contribution < 1.29 is 9.18 Å². The predicted octanol–water partition coefficient (Wildman–Crippen LogP) is 3.84. The second kappa shape index (κ2) is 8.41. The van der Waals surface area contributed by atoms with E-state index in [4.69, 9.17) is 0 Å². The molecule has 2 heterocycles. The maximum Gasteiger partial charge on any atom is 0.322 e. The SMILES string of the molecule is CC(C)N1CCC(NC(=O)N2CCN(Cc3ccc(F)cc3)c3ccccc32)C1. The number of urea groups is 1. The number of halogens is 1. The second-order valence-corrected chi connectivity index (χ2v) is 8.21. The van der Waals surface area contributed by atoms with Gasteiger partial charge in [-0.1, -0.05) is 24.3 Å². The normalized spacial score (nSPS) is 19.5. The van der Waals surface area contributed by atoms with Crippen molar-refractivity contribution in [2.75, 3.05) is 36.0 Å². The Balaban J connectivity index is 1.46. The van der Waals surface area contributed by atoms with Crippen LogP contribution in [0.1, 0.15) is 25.8 Å². The number of anilines is 2. The number of amides is 2. The van der Waals surface area contributed by atoms with Crippen molar-refractivity contribution in [3.05, 3.63) is 59.9 Å². The minimum Gasteiger partial charge on any atom is -0.364 e. The Morgan fingerprint density at radius 1 is 1.07 bits per heavy atom. The summed E-state index contributed by atoms with van der Waals surface area (Å²) in [4.78, 5) is 19.5. The van der Waals surface area contributed by atoms with E-state index in [0.29, 0.717) is 19.1 Å². The minimum absolute atomic E-state index is 0.0190. The molecule has 2 aliphatic rings. The summed E-state index contributed by atoms with van der Waals surface area (Å²) in [6.07, 6.45) is 0.996. The molecule has 0 aromatic heterocycles. The molecule has 2 aromatic rings. The molecular weight excluding hydrogens is 367 g/mol. The van der Waals surface area contributed by atoms with Crippen LogP contribution in [0.4, 0.5) is 20.6 Å². The highest BCUT2D eigenvalue weighted by molar-refractivity contribution is 5.97. The van der Waals surface area contributed by atoms with Crippen LogP contribution < -0.4 is 15.1 Å². The lowest BCUT2D eigenvalue weighted by Crippen LogP contribution is -2.51. The molecule has 5 nitrogen and oxygen atoms in total. The van der Waals surface area contributed by atoms with Crippen molar-refractivity contribution in [2.45, 2.75) is 38.9 Å². The number of para-hydroxylation sites is 2. The molecule has 1 N–H and O–H groups in total. The van der Waals surface area contributed by atoms with Gasteiger partial charge in [0, 0.05) is 44.8 Å². The molecule has 0 radical (unpaired) electrons. The van der Waals surface area contributed by atoms with E-state index in [1.165, 1.54) is 12.1 Å². The summed E-state index contributed by atoms with van der Waals surface area (Å²) in [6.45, 7) is 8.40. The van der Waals surface area contributed by atoms with Gasteiger partial charge in [-0.25, -0.2) is 9.18 Å². The van der Waals surface area contributed by atoms with E-state index in [-0.39, 0.29) is 17.9 Å². The molecule has 0 aliphatic carbocycles. The van der Waals surface area contributed by atoms with Crippen molar-refractivity contribution in [1.29, 1.82) is 0 Å². The lowest BCUT2D eigenvalue weighted by atomic mass is 10.1. The van der Waals surface area contributed by atoms with Gasteiger partial charge in [-0.05, 0) is 50.1 Å². The minimum atomic E-state index is -0.224. The average molecular weight is 397 g/mol. The van der Waals surface area contributed by atoms with Crippen LogP contribution in [0.15, 0.2) is 48.5 Å². The fraction of sp³-hybridized carbons (Fsp3) is 0.435. The quantitative estimate of drug-likeness (QED) is 0.853. The number of nitrogens with one attached hydrogen (secondary N) is 1. The number of likely N-dealkylation sites (tertiary alicyclic amines) is 1. The van der Waals surface area contributed by atoms with Crippen molar-refractivity contribution in [2.24, 2.45) is 0 Å². The van der Waals surface area contributed by atoms with Crippen LogP contribution in [0.25, 0.3) is 0 Å². The van der Waals surface area contributed by atoms with E-state index >= 15 is 0 Å². The number of benzene rings is 2. The summed E-state index contributed by atoms with van der Waals surface area (Å²) in [7, 11) is 0. The number of hydrogen-bond acceptors (Lipinski definition) is 3. The van der Waals surface area contributed by atoms with E-state index < -0.39 is 0 Å². The van der Waals surface area contributed by atoms with E-state index in [0.717, 1.165) is 43.0 Å². The first kappa shape index (κ1) is 19.7. The monoisotopic (exact) mass is 396 g/mol. The predicted molar refractivity (Wildman–Crippen MR) is 115 cm³/mol. The number of rotatable bonds is 4. The van der Waals surface area contributed by atoms with Gasteiger partial charge < -0.3 is 10.2 Å². The Bertz CT molecular complexity index is 854. The third kappa shape index (κ3) is 4.37. The summed E-state index contributed by atoms with van der Waals surface area (Å²) < 4.78 is 13.2. The Hall–Kier alpha value is -2.60. The number of carbonyl (C=O) groups is 1. The molecule has 1 saturated heterocycles. The number of carbonyl (C=O) groups excluding carboxylic acids is 1. The number of hydrogen-bond donors (Lipinski definition) is 1. The van der Waals surface area contributed by atoms with E-state index in [1.54, 1.807) is 0 Å². The van der Waals surface area contributed by atoms with Crippen LogP contribution in [-0.2, 0) is 6.54 Å². The van der Waals surface area contributed by atoms with E-state index in [2.05, 4.69) is 29.0 Å². The third-order valence-corrected chi connectivity index (χ3v) is 5.92. The maximum atomic E-state index is 13.2. The van der Waals surface area contributed by atoms with E-state index in [1.807, 2.05) is 41.3 Å². The van der Waals surface area contributed by atoms with E-state index in [9.17, 15) is 9.18 Å². The number of fused-ring (bicyclic) bond motifs is 1. The first-order valence-electron chi connectivity index (χ1n) is 10.4. The van der Waals surface area contributed by atoms with Crippen molar-refractivity contribution in [3.8, 4) is 0 Å². The van der Waals surface area contributed by atoms with Gasteiger partial charge in [0.2, 0.25) is 0 Å². The molecule has 1 unspecified atom stereocenters. The van der Waals surface area contributed by atoms with Gasteiger partial charge in [-0.3, -0.25) is 9.80 Å². The largest absolute Gasteiger partial charge is 0.364 e. The Kier molecular flexibility index (Phi) is 5.72. The van der Waals surface area contributed by atoms with Crippen molar-refractivity contribution in [3.63, 3.8) is 0 Å². The highest BCUT2D eigenvalue weighted by atomic mass is 19.1. The highest BCUT2D eigenvalue weighted by Gasteiger charge is 2.30. The molecular formula is C23H29FN4O. The fourth-order valence-electron chi connectivity index (χ4n) is 4.23. The van der Waals surface area contributed by atoms with Crippen LogP contribution in [0.5, 0.6) is 0 Å². The van der Waals surface area contributed by atoms with Gasteiger partial charge in [-0.15, -0.1) is 0 Å². The molecule has 1 atom stereocenters. The molecule has 0 saturated carbocycles. The molecule has 0 bridgehead atoms. The second-order valence-electron chi connectivity index (χ2n) is 8.21. The molecule has 1 fully saturated rings. The highest BCUT2D eigenvalue weighted by Crippen LogP contribution is 2.34. The first-order chi connectivity index (χ1) is 14.0. The zero-order valence-corrected chi connectivity index (χ0v) is 17.1. The van der Waals surface area contributed by atoms with Crippen LogP contribution in [0, 0.1) is 5.82 Å². The maximum absolute atomic E-state index is 13.2. The molecule has 4 rings (SSSR count). The molecule has 6 heteroatoms. The summed E-state index contributed by atoms with van der Waals surface area (Å²) in [6, 6.07) is 15.3. The first-order valence-corrected chi connectivity index (χ1v) is 10.4. The molecule has 154 valence electrons. The van der Waals surface area contributed by atoms with Gasteiger partial charge in [0.1, 0.15) is 5.82 Å². The van der Waals surface area contributed by atoms with Gasteiger partial charge in [0.05, 0.1) is 11.4 Å². The molecule has 2 aromatic carbocycles. The molecule has 2 aliphatic heterocycles. The lowest BCUT2D eigenvalue weighted by Gasteiger charge is -2.38. The summed E-state index contributed by atoms with van der Waals surface area (Å²) >= 11 is 0. The molecule has 2 amide bonds. The zero-order chi connectivity index (χ0) is 20.4. The topological polar surface area (TPSA) is 38.8 Å². The molecule has 0 spiro atoms. The van der Waals surface area contributed by atoms with Crippen LogP contribution in [0.2, 0.25) is 0 Å². The summed E-state index contributed by atoms with van der Waals surface area (Å²) in [5.41, 5.74) is 3.02. The van der Waals surface area contributed by atoms with Crippen molar-refractivity contribution in [1.82, 2.24) is 10.2 Å². The molecule has 29 heavy (non-hydrogen) atoms. The van der Waals surface area contributed by atoms with Crippen LogP contribution in [-0.4, -0.2) is 49.2 Å². The van der Waals surface area contributed by atoms with Crippen LogP contribution in [0.3, 0.4) is 0 Å². The third-order valence-electron chi connectivity index (χ3n) is 5.92. The fourth-order valence-corrected chi connectivity index (χ4v) is 4.23. The van der Waals surface area contributed by atoms with Gasteiger partial charge in [0.15, 0.2) is 0 Å². The van der Waals surface area contributed by atoms with Gasteiger partial charge in [-0.2, -0.15) is 0 Å². The Morgan fingerprint density at radius 2 is 1.79 bits per heavy atom. The average Bonchev–Trinajstić information content (AvgIpc) is 3.18. The Labute approximate surface area is 172 Å². The van der Waals surface area contributed by atoms with Crippen molar-refractivity contribution >= 4 is 17.4 Å². The number of nitrogens with zero attached hydrogens (tertiary/aromatic N) is 3. The Morgan fingerprint density at radius 3 is 2.48 bits per heavy atom.